The Bertz CT molecular complexity index is 824. The van der Waals surface area contributed by atoms with E-state index in [1.165, 1.54) is 6.92 Å². The summed E-state index contributed by atoms with van der Waals surface area (Å²) in [7, 11) is 0. The van der Waals surface area contributed by atoms with Crippen LogP contribution in [0.2, 0.25) is 0 Å². The zero-order valence-corrected chi connectivity index (χ0v) is 13.8. The second kappa shape index (κ2) is 5.92. The number of aromatic nitrogens is 3. The second-order valence-electron chi connectivity index (χ2n) is 6.01. The number of anilines is 1. The lowest BCUT2D eigenvalue weighted by molar-refractivity contribution is -0.120. The van der Waals surface area contributed by atoms with E-state index in [1.807, 2.05) is 17.9 Å². The van der Waals surface area contributed by atoms with Gasteiger partial charge in [-0.3, -0.25) is 4.79 Å². The molecule has 8 nitrogen and oxygen atoms in total. The van der Waals surface area contributed by atoms with Gasteiger partial charge in [0, 0.05) is 26.1 Å². The van der Waals surface area contributed by atoms with Crippen molar-refractivity contribution in [1.29, 1.82) is 5.26 Å². The smallest absolute Gasteiger partial charge is 0.223 e. The number of hydrogen-bond donors (Lipinski definition) is 1. The van der Waals surface area contributed by atoms with Gasteiger partial charge >= 0.3 is 0 Å². The third-order valence-corrected chi connectivity index (χ3v) is 4.07. The molecule has 124 valence electrons. The molecule has 1 fully saturated rings. The number of pyridine rings is 1. The van der Waals surface area contributed by atoms with Crippen LogP contribution in [-0.4, -0.2) is 34.1 Å². The van der Waals surface area contributed by atoms with Crippen LogP contribution in [0.15, 0.2) is 16.7 Å². The first-order valence-corrected chi connectivity index (χ1v) is 7.66. The SMILES string of the molecule is CC(=O)N[C@@]1(c2noc(C)n2)CCN(c2nc(C)ccc2C#N)C1. The normalized spacial score (nSPS) is 20.0. The molecule has 0 radical (unpaired) electrons. The zero-order chi connectivity index (χ0) is 17.3. The molecule has 0 spiro atoms. The van der Waals surface area contributed by atoms with Crippen molar-refractivity contribution in [3.63, 3.8) is 0 Å². The van der Waals surface area contributed by atoms with E-state index in [1.54, 1.807) is 13.0 Å². The Balaban J connectivity index is 1.98. The first-order chi connectivity index (χ1) is 11.4. The van der Waals surface area contributed by atoms with Gasteiger partial charge in [0.2, 0.25) is 11.8 Å². The third kappa shape index (κ3) is 2.80. The molecule has 1 aliphatic heterocycles. The lowest BCUT2D eigenvalue weighted by Gasteiger charge is -2.27. The van der Waals surface area contributed by atoms with Gasteiger partial charge in [-0.1, -0.05) is 5.16 Å². The highest BCUT2D eigenvalue weighted by molar-refractivity contribution is 5.74. The fraction of sp³-hybridized carbons (Fsp3) is 0.438. The minimum absolute atomic E-state index is 0.169. The number of nitrogens with one attached hydrogen (secondary N) is 1. The number of nitrogens with zero attached hydrogens (tertiary/aromatic N) is 5. The molecule has 0 aliphatic carbocycles. The predicted molar refractivity (Wildman–Crippen MR) is 85.0 cm³/mol. The first kappa shape index (κ1) is 15.9. The van der Waals surface area contributed by atoms with Gasteiger partial charge in [-0.05, 0) is 25.5 Å². The molecule has 0 aromatic carbocycles. The van der Waals surface area contributed by atoms with Crippen LogP contribution in [-0.2, 0) is 10.3 Å². The standard InChI is InChI=1S/C16H18N6O2/c1-10-4-5-13(8-17)14(18-10)22-7-6-16(9-22,20-11(2)23)15-19-12(3)24-21-15/h4-5H,6-7,9H2,1-3H3,(H,20,23)/t16-/m0/s1. The van der Waals surface area contributed by atoms with Crippen LogP contribution in [0.25, 0.3) is 0 Å². The van der Waals surface area contributed by atoms with Gasteiger partial charge in [0.1, 0.15) is 17.4 Å². The van der Waals surface area contributed by atoms with Crippen molar-refractivity contribution < 1.29 is 9.32 Å². The maximum absolute atomic E-state index is 11.7. The molecule has 1 saturated heterocycles. The van der Waals surface area contributed by atoms with Crippen molar-refractivity contribution in [1.82, 2.24) is 20.4 Å². The summed E-state index contributed by atoms with van der Waals surface area (Å²) < 4.78 is 5.09. The highest BCUT2D eigenvalue weighted by atomic mass is 16.5. The molecule has 1 N–H and O–H groups in total. The fourth-order valence-corrected chi connectivity index (χ4v) is 3.03. The summed E-state index contributed by atoms with van der Waals surface area (Å²) in [5.74, 6) is 1.34. The molecule has 2 aromatic rings. The maximum Gasteiger partial charge on any atom is 0.223 e. The zero-order valence-electron chi connectivity index (χ0n) is 13.8. The van der Waals surface area contributed by atoms with Gasteiger partial charge in [0.15, 0.2) is 5.82 Å². The summed E-state index contributed by atoms with van der Waals surface area (Å²) in [6.45, 7) is 6.10. The molecule has 1 atom stereocenters. The average Bonchev–Trinajstić information content (AvgIpc) is 3.14. The van der Waals surface area contributed by atoms with Crippen LogP contribution in [0.1, 0.15) is 36.3 Å². The molecule has 24 heavy (non-hydrogen) atoms. The van der Waals surface area contributed by atoms with E-state index in [0.717, 1.165) is 5.69 Å². The van der Waals surface area contributed by atoms with Gasteiger partial charge in [0.05, 0.1) is 12.1 Å². The van der Waals surface area contributed by atoms with E-state index < -0.39 is 5.54 Å². The van der Waals surface area contributed by atoms with E-state index in [9.17, 15) is 10.1 Å². The summed E-state index contributed by atoms with van der Waals surface area (Å²) >= 11 is 0. The summed E-state index contributed by atoms with van der Waals surface area (Å²) in [4.78, 5) is 22.5. The summed E-state index contributed by atoms with van der Waals surface area (Å²) in [5, 5.41) is 16.3. The highest BCUT2D eigenvalue weighted by Crippen LogP contribution is 2.34. The third-order valence-electron chi connectivity index (χ3n) is 4.07. The quantitative estimate of drug-likeness (QED) is 0.902. The number of hydrogen-bond acceptors (Lipinski definition) is 7. The molecule has 1 aliphatic rings. The molecule has 2 aromatic heterocycles. The molecule has 3 heterocycles. The van der Waals surface area contributed by atoms with Crippen LogP contribution < -0.4 is 10.2 Å². The summed E-state index contributed by atoms with van der Waals surface area (Å²) in [5.41, 5.74) is 0.585. The Kier molecular flexibility index (Phi) is 3.93. The molecular formula is C16H18N6O2. The molecule has 0 unspecified atom stereocenters. The van der Waals surface area contributed by atoms with E-state index in [-0.39, 0.29) is 5.91 Å². The van der Waals surface area contributed by atoms with Crippen molar-refractivity contribution in [2.75, 3.05) is 18.0 Å². The lowest BCUT2D eigenvalue weighted by atomic mass is 9.97. The number of nitriles is 1. The molecular weight excluding hydrogens is 308 g/mol. The van der Waals surface area contributed by atoms with Gasteiger partial charge in [-0.2, -0.15) is 10.2 Å². The fourth-order valence-electron chi connectivity index (χ4n) is 3.03. The number of carbonyl (C=O) groups excluding carboxylic acids is 1. The maximum atomic E-state index is 11.7. The second-order valence-corrected chi connectivity index (χ2v) is 6.01. The Labute approximate surface area is 139 Å². The molecule has 3 rings (SSSR count). The number of carbonyl (C=O) groups is 1. The average molecular weight is 326 g/mol. The van der Waals surface area contributed by atoms with Crippen molar-refractivity contribution in [3.8, 4) is 6.07 Å². The largest absolute Gasteiger partial charge is 0.353 e. The number of aryl methyl sites for hydroxylation is 2. The Morgan fingerprint density at radius 1 is 1.42 bits per heavy atom. The van der Waals surface area contributed by atoms with E-state index in [4.69, 9.17) is 4.52 Å². The van der Waals surface area contributed by atoms with Gasteiger partial charge in [0.25, 0.3) is 0 Å². The molecule has 1 amide bonds. The molecule has 8 heteroatoms. The minimum Gasteiger partial charge on any atom is -0.353 e. The van der Waals surface area contributed by atoms with Crippen molar-refractivity contribution in [2.45, 2.75) is 32.7 Å². The van der Waals surface area contributed by atoms with E-state index in [2.05, 4.69) is 26.5 Å². The molecule has 0 saturated carbocycles. The van der Waals surface area contributed by atoms with E-state index in [0.29, 0.717) is 42.6 Å². The van der Waals surface area contributed by atoms with Crippen LogP contribution >= 0.6 is 0 Å². The Hall–Kier alpha value is -2.95. The van der Waals surface area contributed by atoms with Gasteiger partial charge in [-0.25, -0.2) is 4.98 Å². The number of amides is 1. The monoisotopic (exact) mass is 326 g/mol. The topological polar surface area (TPSA) is 108 Å². The van der Waals surface area contributed by atoms with Crippen molar-refractivity contribution in [3.05, 3.63) is 35.1 Å². The minimum atomic E-state index is -0.748. The van der Waals surface area contributed by atoms with Gasteiger partial charge < -0.3 is 14.7 Å². The van der Waals surface area contributed by atoms with Crippen LogP contribution in [0, 0.1) is 25.2 Å². The summed E-state index contributed by atoms with van der Waals surface area (Å²) in [6, 6.07) is 5.74. The van der Waals surface area contributed by atoms with Crippen molar-refractivity contribution >= 4 is 11.7 Å². The predicted octanol–water partition coefficient (Wildman–Crippen LogP) is 1.19. The van der Waals surface area contributed by atoms with Gasteiger partial charge in [-0.15, -0.1) is 0 Å². The Morgan fingerprint density at radius 2 is 2.21 bits per heavy atom. The summed E-state index contributed by atoms with van der Waals surface area (Å²) in [6.07, 6.45) is 0.603. The van der Waals surface area contributed by atoms with E-state index >= 15 is 0 Å². The molecule has 0 bridgehead atoms. The van der Waals surface area contributed by atoms with Crippen molar-refractivity contribution in [2.24, 2.45) is 0 Å². The van der Waals surface area contributed by atoms with Crippen LogP contribution in [0.4, 0.5) is 5.82 Å². The van der Waals surface area contributed by atoms with Crippen LogP contribution in [0.5, 0.6) is 0 Å². The lowest BCUT2D eigenvalue weighted by Crippen LogP contribution is -2.48. The van der Waals surface area contributed by atoms with Crippen LogP contribution in [0.3, 0.4) is 0 Å². The first-order valence-electron chi connectivity index (χ1n) is 7.66. The number of rotatable bonds is 3. The Morgan fingerprint density at radius 3 is 2.83 bits per heavy atom. The highest BCUT2D eigenvalue weighted by Gasteiger charge is 2.45.